The Morgan fingerprint density at radius 3 is 3.10 bits per heavy atom. The van der Waals surface area contributed by atoms with Crippen molar-refractivity contribution in [3.63, 3.8) is 0 Å². The first-order chi connectivity index (χ1) is 9.85. The summed E-state index contributed by atoms with van der Waals surface area (Å²) >= 11 is 0. The molecule has 0 N–H and O–H groups in total. The van der Waals surface area contributed by atoms with Gasteiger partial charge in [0.15, 0.2) is 0 Å². The molecule has 0 amide bonds. The standard InChI is InChI=1S/C16H18N4/c17-11-14-4-1-5-15(10-14)12-19-8-2-6-16(19)13-20-9-3-7-18-20/h1,3-5,7,9-10,16H,2,6,8,12-13H2/t16-/m0/s1. The predicted molar refractivity (Wildman–Crippen MR) is 76.8 cm³/mol. The van der Waals surface area contributed by atoms with E-state index in [-0.39, 0.29) is 0 Å². The summed E-state index contributed by atoms with van der Waals surface area (Å²) in [7, 11) is 0. The summed E-state index contributed by atoms with van der Waals surface area (Å²) in [5, 5.41) is 13.3. The Hall–Kier alpha value is -2.12. The van der Waals surface area contributed by atoms with E-state index in [1.807, 2.05) is 41.3 Å². The summed E-state index contributed by atoms with van der Waals surface area (Å²) in [4.78, 5) is 2.50. The lowest BCUT2D eigenvalue weighted by Gasteiger charge is -2.24. The van der Waals surface area contributed by atoms with Gasteiger partial charge in [0.05, 0.1) is 18.2 Å². The molecule has 2 aromatic rings. The van der Waals surface area contributed by atoms with E-state index in [1.165, 1.54) is 18.4 Å². The Kier molecular flexibility index (Phi) is 3.80. The first-order valence-corrected chi connectivity index (χ1v) is 7.05. The van der Waals surface area contributed by atoms with E-state index in [0.29, 0.717) is 6.04 Å². The molecular formula is C16H18N4. The minimum absolute atomic E-state index is 0.542. The maximum atomic E-state index is 8.97. The number of rotatable bonds is 4. The first kappa shape index (κ1) is 12.9. The van der Waals surface area contributed by atoms with E-state index in [2.05, 4.69) is 22.1 Å². The molecule has 3 rings (SSSR count). The number of benzene rings is 1. The van der Waals surface area contributed by atoms with Crippen LogP contribution in [0.1, 0.15) is 24.0 Å². The monoisotopic (exact) mass is 266 g/mol. The van der Waals surface area contributed by atoms with Crippen molar-refractivity contribution in [3.8, 4) is 6.07 Å². The van der Waals surface area contributed by atoms with Crippen molar-refractivity contribution in [1.29, 1.82) is 5.26 Å². The predicted octanol–water partition coefficient (Wildman–Crippen LogP) is 2.42. The van der Waals surface area contributed by atoms with Gasteiger partial charge in [0.1, 0.15) is 0 Å². The fraction of sp³-hybridized carbons (Fsp3) is 0.375. The van der Waals surface area contributed by atoms with Gasteiger partial charge in [-0.3, -0.25) is 9.58 Å². The van der Waals surface area contributed by atoms with E-state index in [4.69, 9.17) is 5.26 Å². The number of nitrogens with zero attached hydrogens (tertiary/aromatic N) is 4. The molecule has 0 aliphatic carbocycles. The third kappa shape index (κ3) is 2.89. The number of aromatic nitrogens is 2. The molecule has 1 fully saturated rings. The summed E-state index contributed by atoms with van der Waals surface area (Å²) in [6, 6.07) is 12.6. The van der Waals surface area contributed by atoms with Crippen LogP contribution in [0.25, 0.3) is 0 Å². The van der Waals surface area contributed by atoms with Crippen molar-refractivity contribution in [2.45, 2.75) is 32.0 Å². The molecule has 1 aromatic heterocycles. The maximum Gasteiger partial charge on any atom is 0.0991 e. The Balaban J connectivity index is 1.68. The number of nitriles is 1. The molecule has 2 heterocycles. The van der Waals surface area contributed by atoms with Gasteiger partial charge >= 0.3 is 0 Å². The van der Waals surface area contributed by atoms with Crippen molar-refractivity contribution >= 4 is 0 Å². The molecule has 0 bridgehead atoms. The second-order valence-electron chi connectivity index (χ2n) is 5.31. The second kappa shape index (κ2) is 5.89. The summed E-state index contributed by atoms with van der Waals surface area (Å²) in [5.41, 5.74) is 1.96. The van der Waals surface area contributed by atoms with Crippen LogP contribution in [0.15, 0.2) is 42.7 Å². The molecule has 0 radical (unpaired) electrons. The van der Waals surface area contributed by atoms with Crippen LogP contribution in [-0.4, -0.2) is 27.3 Å². The molecule has 20 heavy (non-hydrogen) atoms. The zero-order valence-corrected chi connectivity index (χ0v) is 11.4. The van der Waals surface area contributed by atoms with E-state index < -0.39 is 0 Å². The van der Waals surface area contributed by atoms with Crippen LogP contribution in [0.2, 0.25) is 0 Å². The molecule has 4 heteroatoms. The van der Waals surface area contributed by atoms with Crippen LogP contribution in [0.4, 0.5) is 0 Å². The average Bonchev–Trinajstić information content (AvgIpc) is 3.12. The van der Waals surface area contributed by atoms with Crippen LogP contribution in [0, 0.1) is 11.3 Å². The Morgan fingerprint density at radius 1 is 1.35 bits per heavy atom. The number of likely N-dealkylation sites (tertiary alicyclic amines) is 1. The first-order valence-electron chi connectivity index (χ1n) is 7.05. The second-order valence-corrected chi connectivity index (χ2v) is 5.31. The SMILES string of the molecule is N#Cc1cccc(CN2CCC[C@H]2Cn2cccn2)c1. The highest BCUT2D eigenvalue weighted by atomic mass is 15.3. The summed E-state index contributed by atoms with van der Waals surface area (Å²) in [6.07, 6.45) is 6.31. The van der Waals surface area contributed by atoms with Crippen LogP contribution in [-0.2, 0) is 13.1 Å². The topological polar surface area (TPSA) is 44.9 Å². The lowest BCUT2D eigenvalue weighted by molar-refractivity contribution is 0.219. The molecule has 4 nitrogen and oxygen atoms in total. The molecule has 102 valence electrons. The fourth-order valence-corrected chi connectivity index (χ4v) is 2.91. The van der Waals surface area contributed by atoms with Crippen molar-refractivity contribution < 1.29 is 0 Å². The van der Waals surface area contributed by atoms with Crippen LogP contribution in [0.5, 0.6) is 0 Å². The van der Waals surface area contributed by atoms with E-state index in [1.54, 1.807) is 0 Å². The van der Waals surface area contributed by atoms with Gasteiger partial charge in [0, 0.05) is 25.0 Å². The number of hydrogen-bond acceptors (Lipinski definition) is 3. The maximum absolute atomic E-state index is 8.97. The van der Waals surface area contributed by atoms with E-state index >= 15 is 0 Å². The van der Waals surface area contributed by atoms with Gasteiger partial charge in [-0.15, -0.1) is 0 Å². The molecule has 1 aromatic carbocycles. The third-order valence-electron chi connectivity index (χ3n) is 3.90. The zero-order chi connectivity index (χ0) is 13.8. The highest BCUT2D eigenvalue weighted by molar-refractivity contribution is 5.32. The van der Waals surface area contributed by atoms with Crippen LogP contribution < -0.4 is 0 Å². The Morgan fingerprint density at radius 2 is 2.30 bits per heavy atom. The van der Waals surface area contributed by atoms with Crippen LogP contribution in [0.3, 0.4) is 0 Å². The van der Waals surface area contributed by atoms with Gasteiger partial charge in [-0.05, 0) is 43.1 Å². The molecule has 1 aliphatic heterocycles. The van der Waals surface area contributed by atoms with Crippen molar-refractivity contribution in [3.05, 3.63) is 53.9 Å². The summed E-state index contributed by atoms with van der Waals surface area (Å²) in [5.74, 6) is 0. The van der Waals surface area contributed by atoms with Gasteiger partial charge < -0.3 is 0 Å². The lowest BCUT2D eigenvalue weighted by Crippen LogP contribution is -2.32. The Labute approximate surface area is 119 Å². The van der Waals surface area contributed by atoms with Crippen molar-refractivity contribution in [1.82, 2.24) is 14.7 Å². The minimum atomic E-state index is 0.542. The highest BCUT2D eigenvalue weighted by Gasteiger charge is 2.24. The van der Waals surface area contributed by atoms with Crippen LogP contribution >= 0.6 is 0 Å². The zero-order valence-electron chi connectivity index (χ0n) is 11.4. The average molecular weight is 266 g/mol. The lowest BCUT2D eigenvalue weighted by atomic mass is 10.1. The summed E-state index contributed by atoms with van der Waals surface area (Å²) in [6.45, 7) is 3.00. The van der Waals surface area contributed by atoms with Gasteiger partial charge in [-0.25, -0.2) is 0 Å². The molecule has 0 unspecified atom stereocenters. The smallest absolute Gasteiger partial charge is 0.0991 e. The molecule has 0 saturated carbocycles. The summed E-state index contributed by atoms with van der Waals surface area (Å²) < 4.78 is 2.01. The largest absolute Gasteiger partial charge is 0.294 e. The molecular weight excluding hydrogens is 248 g/mol. The van der Waals surface area contributed by atoms with Gasteiger partial charge in [0.25, 0.3) is 0 Å². The van der Waals surface area contributed by atoms with Crippen molar-refractivity contribution in [2.75, 3.05) is 6.54 Å². The quantitative estimate of drug-likeness (QED) is 0.853. The fourth-order valence-electron chi connectivity index (χ4n) is 2.91. The minimum Gasteiger partial charge on any atom is -0.294 e. The van der Waals surface area contributed by atoms with Gasteiger partial charge in [0.2, 0.25) is 0 Å². The third-order valence-corrected chi connectivity index (χ3v) is 3.90. The van der Waals surface area contributed by atoms with Gasteiger partial charge in [-0.2, -0.15) is 10.4 Å². The normalized spacial score (nSPS) is 19.1. The van der Waals surface area contributed by atoms with Crippen molar-refractivity contribution in [2.24, 2.45) is 0 Å². The van der Waals surface area contributed by atoms with Gasteiger partial charge in [-0.1, -0.05) is 12.1 Å². The molecule has 0 spiro atoms. The van der Waals surface area contributed by atoms with E-state index in [9.17, 15) is 0 Å². The Bertz CT molecular complexity index is 597. The molecule has 1 atom stereocenters. The number of hydrogen-bond donors (Lipinski definition) is 0. The highest BCUT2D eigenvalue weighted by Crippen LogP contribution is 2.21. The molecule has 1 saturated heterocycles. The van der Waals surface area contributed by atoms with E-state index in [0.717, 1.165) is 25.2 Å². The molecule has 1 aliphatic rings.